The lowest BCUT2D eigenvalue weighted by Gasteiger charge is -2.30. The second-order valence-electron chi connectivity index (χ2n) is 7.29. The van der Waals surface area contributed by atoms with Gasteiger partial charge in [0.25, 0.3) is 0 Å². The van der Waals surface area contributed by atoms with Gasteiger partial charge in [-0.15, -0.1) is 0 Å². The Kier molecular flexibility index (Phi) is 9.03. The van der Waals surface area contributed by atoms with Gasteiger partial charge in [-0.1, -0.05) is 12.1 Å². The lowest BCUT2D eigenvalue weighted by Crippen LogP contribution is -2.44. The fraction of sp³-hybridized carbons (Fsp3) is 0.650. The number of methoxy groups -OCH3 is 1. The van der Waals surface area contributed by atoms with Gasteiger partial charge in [0.15, 0.2) is 17.5 Å². The van der Waals surface area contributed by atoms with Crippen LogP contribution in [0.2, 0.25) is 0 Å². The van der Waals surface area contributed by atoms with Gasteiger partial charge in [-0.25, -0.2) is 17.7 Å². The van der Waals surface area contributed by atoms with Gasteiger partial charge in [0.1, 0.15) is 6.10 Å². The molecule has 1 saturated heterocycles. The van der Waals surface area contributed by atoms with E-state index in [2.05, 4.69) is 15.6 Å². The van der Waals surface area contributed by atoms with Gasteiger partial charge < -0.3 is 20.1 Å². The van der Waals surface area contributed by atoms with Gasteiger partial charge in [0.05, 0.1) is 19.9 Å². The third-order valence-corrected chi connectivity index (χ3v) is 6.15. The summed E-state index contributed by atoms with van der Waals surface area (Å²) >= 11 is 0. The molecule has 0 radical (unpaired) electrons. The van der Waals surface area contributed by atoms with Gasteiger partial charge in [-0.05, 0) is 44.7 Å². The molecule has 1 heterocycles. The number of guanidine groups is 1. The summed E-state index contributed by atoms with van der Waals surface area (Å²) in [6, 6.07) is 7.56. The fourth-order valence-electron chi connectivity index (χ4n) is 3.22. The van der Waals surface area contributed by atoms with E-state index in [4.69, 9.17) is 9.47 Å². The molecule has 0 aromatic heterocycles. The molecule has 0 amide bonds. The Morgan fingerprint density at radius 2 is 1.90 bits per heavy atom. The van der Waals surface area contributed by atoms with Gasteiger partial charge in [-0.3, -0.25) is 0 Å². The molecule has 0 bridgehead atoms. The molecule has 164 valence electrons. The zero-order chi connectivity index (χ0) is 21.3. The summed E-state index contributed by atoms with van der Waals surface area (Å²) in [5.74, 6) is 2.58. The van der Waals surface area contributed by atoms with Crippen LogP contribution in [0.3, 0.4) is 0 Å². The number of para-hydroxylation sites is 2. The Labute approximate surface area is 174 Å². The third kappa shape index (κ3) is 7.74. The summed E-state index contributed by atoms with van der Waals surface area (Å²) in [5, 5.41) is 6.63. The van der Waals surface area contributed by atoms with Crippen LogP contribution in [-0.2, 0) is 10.0 Å². The van der Waals surface area contributed by atoms with Crippen molar-refractivity contribution in [3.63, 3.8) is 0 Å². The first-order valence-corrected chi connectivity index (χ1v) is 11.9. The molecule has 1 aliphatic heterocycles. The van der Waals surface area contributed by atoms with Crippen LogP contribution in [0.4, 0.5) is 0 Å². The van der Waals surface area contributed by atoms with E-state index in [0.29, 0.717) is 37.1 Å². The maximum Gasteiger partial charge on any atom is 0.211 e. The predicted octanol–water partition coefficient (Wildman–Crippen LogP) is 1.69. The van der Waals surface area contributed by atoms with E-state index < -0.39 is 10.0 Å². The molecule has 0 aliphatic carbocycles. The molecular formula is C20H34N4O4S. The smallest absolute Gasteiger partial charge is 0.211 e. The van der Waals surface area contributed by atoms with Crippen LogP contribution in [0.25, 0.3) is 0 Å². The molecule has 0 spiro atoms. The molecule has 2 N–H and O–H groups in total. The Morgan fingerprint density at radius 3 is 2.48 bits per heavy atom. The zero-order valence-electron chi connectivity index (χ0n) is 17.8. The van der Waals surface area contributed by atoms with Crippen LogP contribution in [0.1, 0.15) is 26.7 Å². The molecule has 1 aromatic carbocycles. The first kappa shape index (κ1) is 23.3. The first-order valence-electron chi connectivity index (χ1n) is 10.1. The van der Waals surface area contributed by atoms with Crippen LogP contribution >= 0.6 is 0 Å². The van der Waals surface area contributed by atoms with Gasteiger partial charge >= 0.3 is 0 Å². The molecule has 8 nitrogen and oxygen atoms in total. The number of ether oxygens (including phenoxy) is 2. The molecule has 1 fully saturated rings. The minimum atomic E-state index is -3.08. The summed E-state index contributed by atoms with van der Waals surface area (Å²) in [6.07, 6.45) is 2.87. The van der Waals surface area contributed by atoms with Crippen molar-refractivity contribution in [2.75, 3.05) is 46.1 Å². The monoisotopic (exact) mass is 426 g/mol. The highest BCUT2D eigenvalue weighted by Crippen LogP contribution is 2.26. The fourth-order valence-corrected chi connectivity index (χ4v) is 4.09. The SMILES string of the molecule is CCNC(=NCC(C)Oc1ccccc1OC)NCC1CCN(S(C)(=O)=O)CC1. The van der Waals surface area contributed by atoms with E-state index in [-0.39, 0.29) is 6.10 Å². The van der Waals surface area contributed by atoms with Crippen molar-refractivity contribution in [2.24, 2.45) is 10.9 Å². The predicted molar refractivity (Wildman–Crippen MR) is 116 cm³/mol. The van der Waals surface area contributed by atoms with Gasteiger partial charge in [-0.2, -0.15) is 0 Å². The molecule has 9 heteroatoms. The lowest BCUT2D eigenvalue weighted by molar-refractivity contribution is 0.219. The van der Waals surface area contributed by atoms with Gasteiger partial charge in [0.2, 0.25) is 10.0 Å². The van der Waals surface area contributed by atoms with Crippen LogP contribution in [-0.4, -0.2) is 70.9 Å². The second-order valence-corrected chi connectivity index (χ2v) is 9.27. The normalized spacial score (nSPS) is 17.6. The molecule has 1 unspecified atom stereocenters. The number of benzene rings is 1. The highest BCUT2D eigenvalue weighted by Gasteiger charge is 2.24. The quantitative estimate of drug-likeness (QED) is 0.461. The zero-order valence-corrected chi connectivity index (χ0v) is 18.7. The second kappa shape index (κ2) is 11.3. The Bertz CT molecular complexity index is 761. The van der Waals surface area contributed by atoms with E-state index in [1.165, 1.54) is 6.26 Å². The summed E-state index contributed by atoms with van der Waals surface area (Å²) in [7, 11) is -1.46. The molecule has 29 heavy (non-hydrogen) atoms. The highest BCUT2D eigenvalue weighted by atomic mass is 32.2. The third-order valence-electron chi connectivity index (χ3n) is 4.85. The van der Waals surface area contributed by atoms with Crippen molar-refractivity contribution in [1.82, 2.24) is 14.9 Å². The average Bonchev–Trinajstić information content (AvgIpc) is 2.70. The molecular weight excluding hydrogens is 392 g/mol. The highest BCUT2D eigenvalue weighted by molar-refractivity contribution is 7.88. The minimum Gasteiger partial charge on any atom is -0.493 e. The van der Waals surface area contributed by atoms with Crippen molar-refractivity contribution in [2.45, 2.75) is 32.8 Å². The maximum absolute atomic E-state index is 11.6. The minimum absolute atomic E-state index is 0.111. The van der Waals surface area contributed by atoms with Crippen LogP contribution in [0.15, 0.2) is 29.3 Å². The Morgan fingerprint density at radius 1 is 1.24 bits per heavy atom. The Balaban J connectivity index is 1.83. The van der Waals surface area contributed by atoms with E-state index >= 15 is 0 Å². The number of hydrogen-bond donors (Lipinski definition) is 2. The van der Waals surface area contributed by atoms with Crippen molar-refractivity contribution >= 4 is 16.0 Å². The van der Waals surface area contributed by atoms with Crippen molar-refractivity contribution in [3.8, 4) is 11.5 Å². The van der Waals surface area contributed by atoms with Crippen LogP contribution in [0.5, 0.6) is 11.5 Å². The molecule has 1 aliphatic rings. The van der Waals surface area contributed by atoms with Crippen molar-refractivity contribution < 1.29 is 17.9 Å². The van der Waals surface area contributed by atoms with E-state index in [1.54, 1.807) is 11.4 Å². The number of aliphatic imine (C=N–C) groups is 1. The molecule has 2 rings (SSSR count). The topological polar surface area (TPSA) is 92.3 Å². The number of nitrogens with zero attached hydrogens (tertiary/aromatic N) is 2. The Hall–Kier alpha value is -2.00. The van der Waals surface area contributed by atoms with Crippen molar-refractivity contribution in [3.05, 3.63) is 24.3 Å². The number of piperidine rings is 1. The maximum atomic E-state index is 11.6. The number of nitrogens with one attached hydrogen (secondary N) is 2. The number of hydrogen-bond acceptors (Lipinski definition) is 5. The standard InChI is InChI=1S/C20H34N4O4S/c1-5-21-20(23-15-17-10-12-24(13-11-17)29(4,25)26)22-14-16(2)28-19-9-7-6-8-18(19)27-3/h6-9,16-17H,5,10-15H2,1-4H3,(H2,21,22,23). The number of rotatable bonds is 9. The summed E-state index contributed by atoms with van der Waals surface area (Å²) in [5.41, 5.74) is 0. The van der Waals surface area contributed by atoms with E-state index in [0.717, 1.165) is 31.9 Å². The van der Waals surface area contributed by atoms with E-state index in [9.17, 15) is 8.42 Å². The van der Waals surface area contributed by atoms with E-state index in [1.807, 2.05) is 38.1 Å². The average molecular weight is 427 g/mol. The molecule has 1 aromatic rings. The molecule has 1 atom stereocenters. The lowest BCUT2D eigenvalue weighted by atomic mass is 9.98. The first-order chi connectivity index (χ1) is 13.8. The summed E-state index contributed by atoms with van der Waals surface area (Å²) in [4.78, 5) is 4.63. The summed E-state index contributed by atoms with van der Waals surface area (Å²) in [6.45, 7) is 7.20. The summed E-state index contributed by atoms with van der Waals surface area (Å²) < 4.78 is 36.1. The molecule has 0 saturated carbocycles. The largest absolute Gasteiger partial charge is 0.493 e. The number of sulfonamides is 1. The van der Waals surface area contributed by atoms with Crippen LogP contribution in [0, 0.1) is 5.92 Å². The van der Waals surface area contributed by atoms with Gasteiger partial charge in [0, 0.05) is 26.2 Å². The van der Waals surface area contributed by atoms with Crippen molar-refractivity contribution in [1.29, 1.82) is 0 Å². The van der Waals surface area contributed by atoms with Crippen LogP contribution < -0.4 is 20.1 Å².